The maximum atomic E-state index is 10.8. The van der Waals surface area contributed by atoms with Crippen molar-refractivity contribution < 1.29 is 14.6 Å². The van der Waals surface area contributed by atoms with Crippen LogP contribution in [0, 0.1) is 0 Å². The van der Waals surface area contributed by atoms with E-state index in [0.717, 1.165) is 13.1 Å². The van der Waals surface area contributed by atoms with Crippen molar-refractivity contribution >= 4 is 5.97 Å². The SMILES string of the molecule is CNC(CCN(CCOC)C1CC1)C(=O)O. The van der Waals surface area contributed by atoms with Crippen LogP contribution >= 0.6 is 0 Å². The van der Waals surface area contributed by atoms with Gasteiger partial charge in [0.05, 0.1) is 6.61 Å². The van der Waals surface area contributed by atoms with Gasteiger partial charge in [0.25, 0.3) is 0 Å². The molecule has 1 saturated carbocycles. The Morgan fingerprint density at radius 2 is 2.25 bits per heavy atom. The number of carbonyl (C=O) groups is 1. The second-order valence-corrected chi connectivity index (χ2v) is 4.23. The Morgan fingerprint density at radius 1 is 1.56 bits per heavy atom. The van der Waals surface area contributed by atoms with Crippen molar-refractivity contribution in [3.05, 3.63) is 0 Å². The molecule has 0 radical (unpaired) electrons. The molecule has 0 bridgehead atoms. The molecule has 0 spiro atoms. The van der Waals surface area contributed by atoms with Crippen LogP contribution in [0.25, 0.3) is 0 Å². The van der Waals surface area contributed by atoms with Gasteiger partial charge in [-0.1, -0.05) is 0 Å². The molecule has 1 aliphatic carbocycles. The molecule has 1 atom stereocenters. The van der Waals surface area contributed by atoms with Crippen LogP contribution in [0.4, 0.5) is 0 Å². The number of nitrogens with zero attached hydrogens (tertiary/aromatic N) is 1. The Bertz CT molecular complexity index is 219. The minimum Gasteiger partial charge on any atom is -0.480 e. The van der Waals surface area contributed by atoms with Gasteiger partial charge in [0.15, 0.2) is 0 Å². The standard InChI is InChI=1S/C11H22N2O3/c1-12-10(11(14)15)5-6-13(7-8-16-2)9-3-4-9/h9-10,12H,3-8H2,1-2H3,(H,14,15). The largest absolute Gasteiger partial charge is 0.480 e. The molecule has 5 heteroatoms. The van der Waals surface area contributed by atoms with Gasteiger partial charge >= 0.3 is 5.97 Å². The minimum atomic E-state index is -0.773. The van der Waals surface area contributed by atoms with Crippen LogP contribution in [0.1, 0.15) is 19.3 Å². The van der Waals surface area contributed by atoms with Crippen LogP contribution in [0.15, 0.2) is 0 Å². The summed E-state index contributed by atoms with van der Waals surface area (Å²) < 4.78 is 5.06. The molecule has 0 aromatic rings. The number of hydrogen-bond donors (Lipinski definition) is 2. The lowest BCUT2D eigenvalue weighted by Gasteiger charge is -2.23. The van der Waals surface area contributed by atoms with Crippen LogP contribution in [0.2, 0.25) is 0 Å². The number of ether oxygens (including phenoxy) is 1. The first kappa shape index (κ1) is 13.4. The molecule has 1 unspecified atom stereocenters. The average molecular weight is 230 g/mol. The first-order valence-electron chi connectivity index (χ1n) is 5.82. The molecule has 2 N–H and O–H groups in total. The molecule has 0 aromatic heterocycles. The van der Waals surface area contributed by atoms with Crippen molar-refractivity contribution in [3.8, 4) is 0 Å². The highest BCUT2D eigenvalue weighted by Crippen LogP contribution is 2.26. The molecule has 0 aliphatic heterocycles. The van der Waals surface area contributed by atoms with Crippen molar-refractivity contribution in [2.24, 2.45) is 0 Å². The molecule has 94 valence electrons. The van der Waals surface area contributed by atoms with Gasteiger partial charge in [-0.3, -0.25) is 9.69 Å². The van der Waals surface area contributed by atoms with Gasteiger partial charge in [0, 0.05) is 26.2 Å². The fourth-order valence-corrected chi connectivity index (χ4v) is 1.81. The lowest BCUT2D eigenvalue weighted by Crippen LogP contribution is -2.39. The Balaban J connectivity index is 2.27. The first-order valence-corrected chi connectivity index (χ1v) is 5.82. The lowest BCUT2D eigenvalue weighted by atomic mass is 10.2. The van der Waals surface area contributed by atoms with E-state index in [-0.39, 0.29) is 0 Å². The summed E-state index contributed by atoms with van der Waals surface area (Å²) in [5, 5.41) is 11.7. The zero-order valence-electron chi connectivity index (χ0n) is 10.1. The minimum absolute atomic E-state index is 0.441. The number of methoxy groups -OCH3 is 1. The number of aliphatic carboxylic acids is 1. The Hall–Kier alpha value is -0.650. The molecule has 1 fully saturated rings. The van der Waals surface area contributed by atoms with E-state index in [0.29, 0.717) is 19.1 Å². The summed E-state index contributed by atoms with van der Waals surface area (Å²) in [4.78, 5) is 13.2. The molecule has 0 amide bonds. The first-order chi connectivity index (χ1) is 7.69. The van der Waals surface area contributed by atoms with E-state index in [1.165, 1.54) is 12.8 Å². The quantitative estimate of drug-likeness (QED) is 0.591. The summed E-state index contributed by atoms with van der Waals surface area (Å²) in [5.74, 6) is -0.773. The van der Waals surface area contributed by atoms with E-state index in [9.17, 15) is 4.79 Å². The smallest absolute Gasteiger partial charge is 0.320 e. The van der Waals surface area contributed by atoms with Crippen LogP contribution in [-0.2, 0) is 9.53 Å². The molecule has 0 aromatic carbocycles. The molecular formula is C11H22N2O3. The van der Waals surface area contributed by atoms with E-state index in [1.807, 2.05) is 0 Å². The number of nitrogens with one attached hydrogen (secondary N) is 1. The maximum absolute atomic E-state index is 10.8. The Morgan fingerprint density at radius 3 is 2.69 bits per heavy atom. The summed E-state index contributed by atoms with van der Waals surface area (Å²) in [6.45, 7) is 2.44. The Labute approximate surface area is 96.8 Å². The van der Waals surface area contributed by atoms with Gasteiger partial charge in [0.2, 0.25) is 0 Å². The molecule has 0 saturated heterocycles. The van der Waals surface area contributed by atoms with Gasteiger partial charge in [-0.2, -0.15) is 0 Å². The third-order valence-corrected chi connectivity index (χ3v) is 3.00. The zero-order chi connectivity index (χ0) is 12.0. The predicted octanol–water partition coefficient (Wildman–Crippen LogP) is 0.160. The molecule has 1 rings (SSSR count). The molecule has 0 heterocycles. The topological polar surface area (TPSA) is 61.8 Å². The van der Waals surface area contributed by atoms with Gasteiger partial charge in [-0.25, -0.2) is 0 Å². The van der Waals surface area contributed by atoms with Gasteiger partial charge in [0.1, 0.15) is 6.04 Å². The monoisotopic (exact) mass is 230 g/mol. The molecule has 1 aliphatic rings. The average Bonchev–Trinajstić information content (AvgIpc) is 3.06. The molecular weight excluding hydrogens is 208 g/mol. The fraction of sp³-hybridized carbons (Fsp3) is 0.909. The maximum Gasteiger partial charge on any atom is 0.320 e. The van der Waals surface area contributed by atoms with Crippen LogP contribution in [0.5, 0.6) is 0 Å². The van der Waals surface area contributed by atoms with E-state index in [1.54, 1.807) is 14.2 Å². The zero-order valence-corrected chi connectivity index (χ0v) is 10.1. The highest BCUT2D eigenvalue weighted by molar-refractivity contribution is 5.73. The summed E-state index contributed by atoms with van der Waals surface area (Å²) in [6, 6.07) is 0.213. The summed E-state index contributed by atoms with van der Waals surface area (Å²) in [6.07, 6.45) is 3.12. The normalized spacial score (nSPS) is 17.7. The highest BCUT2D eigenvalue weighted by Gasteiger charge is 2.29. The van der Waals surface area contributed by atoms with Gasteiger partial charge in [-0.05, 0) is 26.3 Å². The van der Waals surface area contributed by atoms with Crippen LogP contribution < -0.4 is 5.32 Å². The second kappa shape index (κ2) is 6.83. The third kappa shape index (κ3) is 4.47. The Kier molecular flexibility index (Phi) is 5.73. The van der Waals surface area contributed by atoms with Gasteiger partial charge in [-0.15, -0.1) is 0 Å². The van der Waals surface area contributed by atoms with E-state index in [2.05, 4.69) is 10.2 Å². The number of hydrogen-bond acceptors (Lipinski definition) is 4. The fourth-order valence-electron chi connectivity index (χ4n) is 1.81. The van der Waals surface area contributed by atoms with Crippen molar-refractivity contribution in [1.82, 2.24) is 10.2 Å². The molecule has 5 nitrogen and oxygen atoms in total. The number of likely N-dealkylation sites (N-methyl/N-ethyl adjacent to an activating group) is 1. The van der Waals surface area contributed by atoms with Crippen LogP contribution in [0.3, 0.4) is 0 Å². The van der Waals surface area contributed by atoms with Crippen molar-refractivity contribution in [2.75, 3.05) is 33.9 Å². The van der Waals surface area contributed by atoms with E-state index in [4.69, 9.17) is 9.84 Å². The third-order valence-electron chi connectivity index (χ3n) is 3.00. The molecule has 16 heavy (non-hydrogen) atoms. The van der Waals surface area contributed by atoms with Crippen molar-refractivity contribution in [3.63, 3.8) is 0 Å². The van der Waals surface area contributed by atoms with E-state index < -0.39 is 12.0 Å². The summed E-state index contributed by atoms with van der Waals surface area (Å²) in [7, 11) is 3.38. The van der Waals surface area contributed by atoms with Crippen molar-refractivity contribution in [1.29, 1.82) is 0 Å². The summed E-state index contributed by atoms with van der Waals surface area (Å²) >= 11 is 0. The number of rotatable bonds is 9. The van der Waals surface area contributed by atoms with Crippen molar-refractivity contribution in [2.45, 2.75) is 31.3 Å². The van der Waals surface area contributed by atoms with E-state index >= 15 is 0 Å². The number of carboxylic acid groups (broad SMARTS) is 1. The predicted molar refractivity (Wildman–Crippen MR) is 61.6 cm³/mol. The second-order valence-electron chi connectivity index (χ2n) is 4.23. The number of carboxylic acids is 1. The highest BCUT2D eigenvalue weighted by atomic mass is 16.5. The van der Waals surface area contributed by atoms with Gasteiger partial charge < -0.3 is 15.2 Å². The lowest BCUT2D eigenvalue weighted by molar-refractivity contribution is -0.139. The summed E-state index contributed by atoms with van der Waals surface area (Å²) in [5.41, 5.74) is 0. The van der Waals surface area contributed by atoms with Crippen LogP contribution in [-0.4, -0.2) is 61.9 Å².